The molecule has 0 N–H and O–H groups in total. The zero-order valence-electron chi connectivity index (χ0n) is 13.3. The average Bonchev–Trinajstić information content (AvgIpc) is 2.54. The number of hydrogen-bond donors (Lipinski definition) is 0. The van der Waals surface area contributed by atoms with Crippen molar-refractivity contribution in [3.8, 4) is 11.1 Å². The molecule has 0 unspecified atom stereocenters. The SMILES string of the molecule is C=C(C)C(=O)OCc1cc(CN=O)ccc1-c1ccc(C)cc1. The van der Waals surface area contributed by atoms with Gasteiger partial charge < -0.3 is 4.74 Å². The van der Waals surface area contributed by atoms with Gasteiger partial charge in [-0.1, -0.05) is 53.7 Å². The Morgan fingerprint density at radius 3 is 2.48 bits per heavy atom. The molecule has 0 saturated carbocycles. The standard InChI is InChI=1S/C19H19NO3/c1-13(2)19(21)23-12-17-10-15(11-20-22)6-9-18(17)16-7-4-14(3)5-8-16/h4-10H,1,11-12H2,2-3H3. The summed E-state index contributed by atoms with van der Waals surface area (Å²) in [6.45, 7) is 7.43. The molecule has 0 heterocycles. The van der Waals surface area contributed by atoms with Gasteiger partial charge in [0.15, 0.2) is 0 Å². The Hall–Kier alpha value is -2.75. The van der Waals surface area contributed by atoms with E-state index in [1.54, 1.807) is 6.92 Å². The molecule has 118 valence electrons. The minimum Gasteiger partial charge on any atom is -0.457 e. The van der Waals surface area contributed by atoms with Crippen molar-refractivity contribution in [3.63, 3.8) is 0 Å². The summed E-state index contributed by atoms with van der Waals surface area (Å²) in [5.41, 5.74) is 5.15. The highest BCUT2D eigenvalue weighted by Gasteiger charge is 2.10. The van der Waals surface area contributed by atoms with Gasteiger partial charge >= 0.3 is 5.97 Å². The maximum atomic E-state index is 11.6. The van der Waals surface area contributed by atoms with Gasteiger partial charge in [-0.15, -0.1) is 0 Å². The number of carbonyl (C=O) groups is 1. The Balaban J connectivity index is 2.36. The van der Waals surface area contributed by atoms with Crippen LogP contribution in [0.3, 0.4) is 0 Å². The fraction of sp³-hybridized carbons (Fsp3) is 0.211. The van der Waals surface area contributed by atoms with Crippen LogP contribution in [0.5, 0.6) is 0 Å². The van der Waals surface area contributed by atoms with Gasteiger partial charge in [0.2, 0.25) is 0 Å². The molecule has 4 heteroatoms. The van der Waals surface area contributed by atoms with Crippen LogP contribution in [0.4, 0.5) is 0 Å². The normalized spacial score (nSPS) is 10.2. The van der Waals surface area contributed by atoms with E-state index in [0.29, 0.717) is 5.57 Å². The second-order valence-corrected chi connectivity index (χ2v) is 5.50. The first-order valence-electron chi connectivity index (χ1n) is 7.32. The van der Waals surface area contributed by atoms with Crippen molar-refractivity contribution in [1.29, 1.82) is 0 Å². The number of hydrogen-bond acceptors (Lipinski definition) is 4. The monoisotopic (exact) mass is 309 g/mol. The van der Waals surface area contributed by atoms with Crippen molar-refractivity contribution in [2.75, 3.05) is 0 Å². The molecular weight excluding hydrogens is 290 g/mol. The van der Waals surface area contributed by atoms with E-state index in [-0.39, 0.29) is 13.2 Å². The Labute approximate surface area is 135 Å². The number of nitroso groups, excluding NO2 is 1. The lowest BCUT2D eigenvalue weighted by Gasteiger charge is -2.12. The van der Waals surface area contributed by atoms with Crippen molar-refractivity contribution in [3.05, 3.63) is 76.2 Å². The molecule has 0 saturated heterocycles. The molecule has 0 atom stereocenters. The van der Waals surface area contributed by atoms with E-state index in [1.165, 1.54) is 5.56 Å². The molecule has 23 heavy (non-hydrogen) atoms. The van der Waals surface area contributed by atoms with Gasteiger partial charge in [-0.3, -0.25) is 0 Å². The molecule has 0 fully saturated rings. The van der Waals surface area contributed by atoms with Gasteiger partial charge in [0, 0.05) is 5.57 Å². The predicted molar refractivity (Wildman–Crippen MR) is 90.7 cm³/mol. The van der Waals surface area contributed by atoms with E-state index in [2.05, 4.69) is 11.8 Å². The summed E-state index contributed by atoms with van der Waals surface area (Å²) in [6.07, 6.45) is 0. The van der Waals surface area contributed by atoms with Crippen LogP contribution in [0.25, 0.3) is 11.1 Å². The number of rotatable bonds is 6. The number of esters is 1. The number of carbonyl (C=O) groups excluding carboxylic acids is 1. The van der Waals surface area contributed by atoms with Crippen molar-refractivity contribution < 1.29 is 9.53 Å². The Bertz CT molecular complexity index is 733. The fourth-order valence-corrected chi connectivity index (χ4v) is 2.22. The van der Waals surface area contributed by atoms with E-state index in [4.69, 9.17) is 4.74 Å². The van der Waals surface area contributed by atoms with Gasteiger partial charge in [-0.05, 0) is 42.2 Å². The summed E-state index contributed by atoms with van der Waals surface area (Å²) in [5, 5.41) is 2.91. The molecule has 0 aromatic heterocycles. The molecule has 0 aliphatic carbocycles. The van der Waals surface area contributed by atoms with Crippen LogP contribution in [-0.2, 0) is 22.7 Å². The largest absolute Gasteiger partial charge is 0.457 e. The minimum atomic E-state index is -0.432. The highest BCUT2D eigenvalue weighted by atomic mass is 16.5. The Morgan fingerprint density at radius 2 is 1.87 bits per heavy atom. The minimum absolute atomic E-state index is 0.0929. The van der Waals surface area contributed by atoms with Gasteiger partial charge in [-0.25, -0.2) is 4.79 Å². The summed E-state index contributed by atoms with van der Waals surface area (Å²) in [7, 11) is 0. The lowest BCUT2D eigenvalue weighted by molar-refractivity contribution is -0.140. The topological polar surface area (TPSA) is 55.7 Å². The third kappa shape index (κ3) is 4.36. The Kier molecular flexibility index (Phi) is 5.41. The highest BCUT2D eigenvalue weighted by molar-refractivity contribution is 5.87. The lowest BCUT2D eigenvalue weighted by Crippen LogP contribution is -2.06. The van der Waals surface area contributed by atoms with Crippen LogP contribution in [0.1, 0.15) is 23.6 Å². The summed E-state index contributed by atoms with van der Waals surface area (Å²) < 4.78 is 5.26. The van der Waals surface area contributed by atoms with Crippen LogP contribution in [0.2, 0.25) is 0 Å². The van der Waals surface area contributed by atoms with Gasteiger partial charge in [0.25, 0.3) is 0 Å². The maximum absolute atomic E-state index is 11.6. The zero-order valence-corrected chi connectivity index (χ0v) is 13.3. The molecule has 0 amide bonds. The van der Waals surface area contributed by atoms with Crippen molar-refractivity contribution >= 4 is 5.97 Å². The Morgan fingerprint density at radius 1 is 1.17 bits per heavy atom. The predicted octanol–water partition coefficient (Wildman–Crippen LogP) is 4.55. The number of ether oxygens (including phenoxy) is 1. The second kappa shape index (κ2) is 7.49. The first kappa shape index (κ1) is 16.6. The highest BCUT2D eigenvalue weighted by Crippen LogP contribution is 2.26. The van der Waals surface area contributed by atoms with Gasteiger partial charge in [0.05, 0.1) is 0 Å². The fourth-order valence-electron chi connectivity index (χ4n) is 2.22. The summed E-state index contributed by atoms with van der Waals surface area (Å²) in [6, 6.07) is 13.7. The first-order chi connectivity index (χ1) is 11.0. The van der Waals surface area contributed by atoms with Gasteiger partial charge in [-0.2, -0.15) is 4.91 Å². The molecule has 0 bridgehead atoms. The van der Waals surface area contributed by atoms with E-state index in [1.807, 2.05) is 49.4 Å². The molecule has 0 aliphatic heterocycles. The molecule has 0 radical (unpaired) electrons. The second-order valence-electron chi connectivity index (χ2n) is 5.50. The van der Waals surface area contributed by atoms with Gasteiger partial charge in [0.1, 0.15) is 13.2 Å². The molecule has 2 rings (SSSR count). The lowest BCUT2D eigenvalue weighted by atomic mass is 9.97. The van der Waals surface area contributed by atoms with Crippen LogP contribution in [0, 0.1) is 11.8 Å². The van der Waals surface area contributed by atoms with E-state index in [9.17, 15) is 9.70 Å². The van der Waals surface area contributed by atoms with Crippen LogP contribution in [-0.4, -0.2) is 5.97 Å². The van der Waals surface area contributed by atoms with E-state index < -0.39 is 5.97 Å². The molecule has 2 aromatic carbocycles. The summed E-state index contributed by atoms with van der Waals surface area (Å²) >= 11 is 0. The van der Waals surface area contributed by atoms with Crippen molar-refractivity contribution in [2.45, 2.75) is 27.0 Å². The van der Waals surface area contributed by atoms with Crippen LogP contribution in [0.15, 0.2) is 59.8 Å². The molecular formula is C19H19NO3. The zero-order chi connectivity index (χ0) is 16.8. The summed E-state index contributed by atoms with van der Waals surface area (Å²) in [5.74, 6) is -0.432. The quantitative estimate of drug-likeness (QED) is 0.447. The number of aryl methyl sites for hydroxylation is 1. The molecule has 4 nitrogen and oxygen atoms in total. The summed E-state index contributed by atoms with van der Waals surface area (Å²) in [4.78, 5) is 22.1. The number of benzene rings is 2. The van der Waals surface area contributed by atoms with Crippen LogP contribution < -0.4 is 0 Å². The third-order valence-corrected chi connectivity index (χ3v) is 3.49. The molecule has 0 aliphatic rings. The van der Waals surface area contributed by atoms with Crippen molar-refractivity contribution in [2.24, 2.45) is 5.18 Å². The maximum Gasteiger partial charge on any atom is 0.333 e. The van der Waals surface area contributed by atoms with Crippen molar-refractivity contribution in [1.82, 2.24) is 0 Å². The average molecular weight is 309 g/mol. The third-order valence-electron chi connectivity index (χ3n) is 3.49. The van der Waals surface area contributed by atoms with Crippen LogP contribution >= 0.6 is 0 Å². The number of nitrogens with zero attached hydrogens (tertiary/aromatic N) is 1. The molecule has 0 spiro atoms. The smallest absolute Gasteiger partial charge is 0.333 e. The van der Waals surface area contributed by atoms with E-state index >= 15 is 0 Å². The first-order valence-corrected chi connectivity index (χ1v) is 7.32. The van der Waals surface area contributed by atoms with E-state index in [0.717, 1.165) is 22.3 Å². The molecule has 2 aromatic rings.